The average molecular weight is 293 g/mol. The minimum Gasteiger partial charge on any atom is -0.380 e. The van der Waals surface area contributed by atoms with Crippen molar-refractivity contribution >= 4 is 17.1 Å². The summed E-state index contributed by atoms with van der Waals surface area (Å²) < 4.78 is 5.63. The second-order valence-corrected chi connectivity index (χ2v) is 5.10. The molecule has 6 heteroatoms. The molecule has 1 fully saturated rings. The summed E-state index contributed by atoms with van der Waals surface area (Å²) in [7, 11) is 0. The van der Waals surface area contributed by atoms with E-state index < -0.39 is 0 Å². The van der Waals surface area contributed by atoms with E-state index in [1.807, 2.05) is 26.0 Å². The third-order valence-electron chi connectivity index (χ3n) is 3.75. The van der Waals surface area contributed by atoms with Gasteiger partial charge in [0, 0.05) is 26.2 Å². The molecule has 0 bridgehead atoms. The molecular weight excluding hydrogens is 270 g/mol. The van der Waals surface area contributed by atoms with Gasteiger partial charge >= 0.3 is 5.69 Å². The number of anilines is 2. The van der Waals surface area contributed by atoms with Crippen LogP contribution in [0.4, 0.5) is 17.1 Å². The van der Waals surface area contributed by atoms with Crippen LogP contribution in [0.2, 0.25) is 0 Å². The van der Waals surface area contributed by atoms with Gasteiger partial charge in [0.1, 0.15) is 11.4 Å². The lowest BCUT2D eigenvalue weighted by Gasteiger charge is -2.33. The fourth-order valence-electron chi connectivity index (χ4n) is 2.81. The molecule has 0 saturated carbocycles. The van der Waals surface area contributed by atoms with Gasteiger partial charge in [-0.05, 0) is 38.8 Å². The lowest BCUT2D eigenvalue weighted by Crippen LogP contribution is -2.37. The van der Waals surface area contributed by atoms with Crippen LogP contribution in [0.5, 0.6) is 0 Å². The number of nitro groups is 1. The van der Waals surface area contributed by atoms with Crippen LogP contribution < -0.4 is 10.2 Å². The zero-order chi connectivity index (χ0) is 15.2. The molecule has 0 spiro atoms. The predicted octanol–water partition coefficient (Wildman–Crippen LogP) is 3.03. The van der Waals surface area contributed by atoms with Gasteiger partial charge < -0.3 is 15.0 Å². The normalized spacial score (nSPS) is 16.0. The molecule has 1 N–H and O–H groups in total. The standard InChI is InChI=1S/C15H23N3O3/c1-3-16-13-6-5-7-14(15(13)18(19)20)17-10-8-12(9-11-17)21-4-2/h5-7,12,16H,3-4,8-11H2,1-2H3. The summed E-state index contributed by atoms with van der Waals surface area (Å²) in [6.07, 6.45) is 2.11. The van der Waals surface area contributed by atoms with Crippen LogP contribution in [0.3, 0.4) is 0 Å². The summed E-state index contributed by atoms with van der Waals surface area (Å²) in [6.45, 7) is 6.90. The Balaban J connectivity index is 2.20. The first-order valence-electron chi connectivity index (χ1n) is 7.55. The second kappa shape index (κ2) is 7.26. The van der Waals surface area contributed by atoms with Gasteiger partial charge in [-0.3, -0.25) is 10.1 Å². The topological polar surface area (TPSA) is 67.6 Å². The van der Waals surface area contributed by atoms with Crippen molar-refractivity contribution < 1.29 is 9.66 Å². The average Bonchev–Trinajstić information content (AvgIpc) is 2.48. The van der Waals surface area contributed by atoms with Gasteiger partial charge in [-0.2, -0.15) is 0 Å². The van der Waals surface area contributed by atoms with Crippen LogP contribution in [-0.4, -0.2) is 37.3 Å². The van der Waals surface area contributed by atoms with Gasteiger partial charge in [0.05, 0.1) is 11.0 Å². The molecular formula is C15H23N3O3. The monoisotopic (exact) mass is 293 g/mol. The number of benzene rings is 1. The van der Waals surface area contributed by atoms with Crippen LogP contribution >= 0.6 is 0 Å². The Morgan fingerprint density at radius 1 is 1.38 bits per heavy atom. The molecule has 1 aliphatic heterocycles. The number of nitrogens with one attached hydrogen (secondary N) is 1. The van der Waals surface area contributed by atoms with Gasteiger partial charge in [0.15, 0.2) is 0 Å². The Morgan fingerprint density at radius 2 is 2.10 bits per heavy atom. The van der Waals surface area contributed by atoms with Crippen LogP contribution in [0.1, 0.15) is 26.7 Å². The molecule has 0 aliphatic carbocycles. The van der Waals surface area contributed by atoms with Gasteiger partial charge in [-0.25, -0.2) is 0 Å². The highest BCUT2D eigenvalue weighted by atomic mass is 16.6. The minimum absolute atomic E-state index is 0.175. The molecule has 0 aromatic heterocycles. The van der Waals surface area contributed by atoms with Crippen LogP contribution in [0, 0.1) is 10.1 Å². The number of nitro benzene ring substituents is 1. The summed E-state index contributed by atoms with van der Waals surface area (Å²) in [4.78, 5) is 13.2. The number of piperidine rings is 1. The summed E-state index contributed by atoms with van der Waals surface area (Å²) in [6, 6.07) is 5.47. The fourth-order valence-corrected chi connectivity index (χ4v) is 2.81. The zero-order valence-corrected chi connectivity index (χ0v) is 12.7. The van der Waals surface area contributed by atoms with E-state index in [0.29, 0.717) is 17.9 Å². The van der Waals surface area contributed by atoms with Crippen molar-refractivity contribution in [2.45, 2.75) is 32.8 Å². The molecule has 116 valence electrons. The smallest absolute Gasteiger partial charge is 0.315 e. The molecule has 0 unspecified atom stereocenters. The molecule has 2 rings (SSSR count). The first kappa shape index (κ1) is 15.6. The molecule has 0 atom stereocenters. The number of hydrogen-bond acceptors (Lipinski definition) is 5. The highest BCUT2D eigenvalue weighted by molar-refractivity contribution is 5.77. The SMILES string of the molecule is CCNc1cccc(N2CCC(OCC)CC2)c1[N+](=O)[O-]. The zero-order valence-electron chi connectivity index (χ0n) is 12.7. The molecule has 1 aliphatic rings. The van der Waals surface area contributed by atoms with Crippen molar-refractivity contribution in [2.75, 3.05) is 36.5 Å². The van der Waals surface area contributed by atoms with Gasteiger partial charge in [0.2, 0.25) is 0 Å². The molecule has 1 heterocycles. The van der Waals surface area contributed by atoms with Gasteiger partial charge in [0.25, 0.3) is 0 Å². The van der Waals surface area contributed by atoms with E-state index in [4.69, 9.17) is 4.74 Å². The summed E-state index contributed by atoms with van der Waals surface area (Å²) in [5.41, 5.74) is 1.47. The van der Waals surface area contributed by atoms with Crippen LogP contribution in [0.25, 0.3) is 0 Å². The van der Waals surface area contributed by atoms with E-state index in [-0.39, 0.29) is 16.7 Å². The van der Waals surface area contributed by atoms with E-state index >= 15 is 0 Å². The van der Waals surface area contributed by atoms with Gasteiger partial charge in [-0.15, -0.1) is 0 Å². The van der Waals surface area contributed by atoms with E-state index in [0.717, 1.165) is 32.5 Å². The molecule has 0 radical (unpaired) electrons. The predicted molar refractivity (Wildman–Crippen MR) is 84.1 cm³/mol. The third kappa shape index (κ3) is 3.64. The van der Waals surface area contributed by atoms with E-state index in [1.54, 1.807) is 6.07 Å². The van der Waals surface area contributed by atoms with E-state index in [2.05, 4.69) is 10.2 Å². The summed E-state index contributed by atoms with van der Waals surface area (Å²) in [5, 5.41) is 14.5. The molecule has 1 aromatic rings. The van der Waals surface area contributed by atoms with Crippen LogP contribution in [-0.2, 0) is 4.74 Å². The van der Waals surface area contributed by atoms with Crippen molar-refractivity contribution in [1.29, 1.82) is 0 Å². The highest BCUT2D eigenvalue weighted by Crippen LogP contribution is 2.36. The van der Waals surface area contributed by atoms with E-state index in [9.17, 15) is 10.1 Å². The third-order valence-corrected chi connectivity index (χ3v) is 3.75. The quantitative estimate of drug-likeness (QED) is 0.645. The number of para-hydroxylation sites is 1. The molecule has 0 amide bonds. The Hall–Kier alpha value is -1.82. The van der Waals surface area contributed by atoms with E-state index in [1.165, 1.54) is 0 Å². The Kier molecular flexibility index (Phi) is 5.38. The lowest BCUT2D eigenvalue weighted by atomic mass is 10.1. The van der Waals surface area contributed by atoms with Gasteiger partial charge in [-0.1, -0.05) is 6.07 Å². The molecule has 1 saturated heterocycles. The van der Waals surface area contributed by atoms with Crippen LogP contribution in [0.15, 0.2) is 18.2 Å². The number of ether oxygens (including phenoxy) is 1. The number of hydrogen-bond donors (Lipinski definition) is 1. The molecule has 6 nitrogen and oxygen atoms in total. The van der Waals surface area contributed by atoms with Crippen molar-refractivity contribution in [2.24, 2.45) is 0 Å². The van der Waals surface area contributed by atoms with Crippen molar-refractivity contribution in [3.8, 4) is 0 Å². The Bertz CT molecular complexity index is 485. The minimum atomic E-state index is -0.290. The maximum Gasteiger partial charge on any atom is 0.315 e. The Labute approximate surface area is 125 Å². The second-order valence-electron chi connectivity index (χ2n) is 5.10. The van der Waals surface area contributed by atoms with Crippen molar-refractivity contribution in [3.05, 3.63) is 28.3 Å². The summed E-state index contributed by atoms with van der Waals surface area (Å²) in [5.74, 6) is 0. The fraction of sp³-hybridized carbons (Fsp3) is 0.600. The number of rotatable bonds is 6. The number of nitrogens with zero attached hydrogens (tertiary/aromatic N) is 2. The highest BCUT2D eigenvalue weighted by Gasteiger charge is 2.27. The largest absolute Gasteiger partial charge is 0.380 e. The maximum absolute atomic E-state index is 11.4. The van der Waals surface area contributed by atoms with Crippen molar-refractivity contribution in [1.82, 2.24) is 0 Å². The summed E-state index contributed by atoms with van der Waals surface area (Å²) >= 11 is 0. The van der Waals surface area contributed by atoms with Crippen molar-refractivity contribution in [3.63, 3.8) is 0 Å². The maximum atomic E-state index is 11.4. The lowest BCUT2D eigenvalue weighted by molar-refractivity contribution is -0.383. The first-order valence-corrected chi connectivity index (χ1v) is 7.55. The molecule has 21 heavy (non-hydrogen) atoms. The Morgan fingerprint density at radius 3 is 2.67 bits per heavy atom. The molecule has 1 aromatic carbocycles. The first-order chi connectivity index (χ1) is 10.2.